The highest BCUT2D eigenvalue weighted by Gasteiger charge is 2.19. The van der Waals surface area contributed by atoms with Crippen LogP contribution in [0.4, 0.5) is 0 Å². The molecule has 11 rings (SSSR count). The summed E-state index contributed by atoms with van der Waals surface area (Å²) in [5.74, 6) is 1.83. The molecule has 0 bridgehead atoms. The van der Waals surface area contributed by atoms with Gasteiger partial charge in [0.25, 0.3) is 0 Å². The van der Waals surface area contributed by atoms with Crippen LogP contribution in [-0.4, -0.2) is 15.0 Å². The molecule has 11 aromatic rings. The van der Waals surface area contributed by atoms with Gasteiger partial charge in [-0.25, -0.2) is 15.0 Å². The van der Waals surface area contributed by atoms with Crippen LogP contribution < -0.4 is 0 Å². The molecule has 4 nitrogen and oxygen atoms in total. The third-order valence-corrected chi connectivity index (χ3v) is 10.7. The van der Waals surface area contributed by atoms with Crippen molar-refractivity contribution < 1.29 is 4.42 Å². The van der Waals surface area contributed by atoms with Crippen LogP contribution in [0.1, 0.15) is 0 Å². The quantitative estimate of drug-likeness (QED) is 0.168. The molecule has 0 aliphatic carbocycles. The lowest BCUT2D eigenvalue weighted by molar-refractivity contribution is 0.669. The topological polar surface area (TPSA) is 51.8 Å². The maximum Gasteiger partial charge on any atom is 0.164 e. The van der Waals surface area contributed by atoms with Gasteiger partial charge in [0.2, 0.25) is 0 Å². The molecule has 2 heterocycles. The first-order valence-corrected chi connectivity index (χ1v) is 18.5. The van der Waals surface area contributed by atoms with Crippen LogP contribution in [0, 0.1) is 0 Å². The van der Waals surface area contributed by atoms with E-state index in [1.54, 1.807) is 0 Å². The van der Waals surface area contributed by atoms with E-state index < -0.39 is 0 Å². The number of aromatic nitrogens is 3. The predicted octanol–water partition coefficient (Wildman–Crippen LogP) is 13.6. The molecular formula is C51H31N3O. The van der Waals surface area contributed by atoms with E-state index in [-0.39, 0.29) is 0 Å². The van der Waals surface area contributed by atoms with Crippen LogP contribution in [0.3, 0.4) is 0 Å². The fourth-order valence-corrected chi connectivity index (χ4v) is 8.08. The van der Waals surface area contributed by atoms with Crippen molar-refractivity contribution >= 4 is 54.3 Å². The molecule has 0 spiro atoms. The Hall–Kier alpha value is -7.43. The van der Waals surface area contributed by atoms with Gasteiger partial charge in [0.1, 0.15) is 11.2 Å². The molecule has 0 atom stereocenters. The molecule has 0 aliphatic heterocycles. The van der Waals surface area contributed by atoms with E-state index in [2.05, 4.69) is 146 Å². The lowest BCUT2D eigenvalue weighted by Gasteiger charge is -2.12. The maximum atomic E-state index is 6.50. The Balaban J connectivity index is 1.12. The third kappa shape index (κ3) is 5.26. The second kappa shape index (κ2) is 12.6. The Morgan fingerprint density at radius 1 is 0.291 bits per heavy atom. The van der Waals surface area contributed by atoms with E-state index in [0.29, 0.717) is 17.5 Å². The van der Waals surface area contributed by atoms with Gasteiger partial charge in [0.05, 0.1) is 0 Å². The number of benzene rings is 9. The minimum atomic E-state index is 0.594. The lowest BCUT2D eigenvalue weighted by Crippen LogP contribution is -2.00. The van der Waals surface area contributed by atoms with E-state index in [1.165, 1.54) is 38.1 Å². The smallest absolute Gasteiger partial charge is 0.164 e. The molecular weight excluding hydrogens is 671 g/mol. The Morgan fingerprint density at radius 3 is 1.65 bits per heavy atom. The van der Waals surface area contributed by atoms with Crippen LogP contribution in [0.2, 0.25) is 0 Å². The molecule has 2 aromatic heterocycles. The number of fused-ring (bicyclic) bond motifs is 8. The number of hydrogen-bond acceptors (Lipinski definition) is 4. The largest absolute Gasteiger partial charge is 0.456 e. The molecule has 256 valence electrons. The highest BCUT2D eigenvalue weighted by molar-refractivity contribution is 6.18. The fourth-order valence-electron chi connectivity index (χ4n) is 8.08. The Labute approximate surface area is 317 Å². The van der Waals surface area contributed by atoms with Crippen LogP contribution in [-0.2, 0) is 0 Å². The molecule has 0 unspecified atom stereocenters. The summed E-state index contributed by atoms with van der Waals surface area (Å²) in [6, 6.07) is 65.8. The van der Waals surface area contributed by atoms with E-state index in [4.69, 9.17) is 19.4 Å². The summed E-state index contributed by atoms with van der Waals surface area (Å²) in [5, 5.41) is 9.23. The fraction of sp³-hybridized carbons (Fsp3) is 0. The molecule has 55 heavy (non-hydrogen) atoms. The molecule has 0 amide bonds. The average Bonchev–Trinajstić information content (AvgIpc) is 3.65. The van der Waals surface area contributed by atoms with Crippen molar-refractivity contribution in [3.63, 3.8) is 0 Å². The molecule has 4 heteroatoms. The monoisotopic (exact) mass is 701 g/mol. The standard InChI is InChI=1S/C51H31N3O/c1-3-12-32(13-4-1)38-17-9-10-19-40(38)36-26-29-46-45(30-36)48-43(20-11-21-47(48)55-46)51-53-49(35-15-5-2-6-16-35)52-50(54-51)37-23-22-34-25-27-41-39-18-8-7-14-33(39)24-28-42(41)44(34)31-37/h1-31H. The Kier molecular flexibility index (Phi) is 7.14. The second-order valence-corrected chi connectivity index (χ2v) is 14.0. The second-order valence-electron chi connectivity index (χ2n) is 14.0. The van der Waals surface area contributed by atoms with E-state index >= 15 is 0 Å². The number of hydrogen-bond donors (Lipinski definition) is 0. The summed E-state index contributed by atoms with van der Waals surface area (Å²) in [5.41, 5.74) is 8.98. The van der Waals surface area contributed by atoms with E-state index in [1.807, 2.05) is 42.5 Å². The first kappa shape index (κ1) is 31.1. The molecule has 0 aliphatic rings. The van der Waals surface area contributed by atoms with Crippen LogP contribution in [0.15, 0.2) is 192 Å². The van der Waals surface area contributed by atoms with Crippen LogP contribution >= 0.6 is 0 Å². The van der Waals surface area contributed by atoms with Gasteiger partial charge in [0, 0.05) is 27.5 Å². The van der Waals surface area contributed by atoms with Gasteiger partial charge in [-0.3, -0.25) is 0 Å². The molecule has 0 N–H and O–H groups in total. The van der Waals surface area contributed by atoms with Crippen molar-refractivity contribution in [2.75, 3.05) is 0 Å². The number of furan rings is 1. The summed E-state index contributed by atoms with van der Waals surface area (Å²) in [6.45, 7) is 0. The molecule has 0 saturated heterocycles. The normalized spacial score (nSPS) is 11.6. The molecule has 9 aromatic carbocycles. The Bertz CT molecular complexity index is 3260. The highest BCUT2D eigenvalue weighted by atomic mass is 16.3. The van der Waals surface area contributed by atoms with Crippen LogP contribution in [0.5, 0.6) is 0 Å². The van der Waals surface area contributed by atoms with Gasteiger partial charge in [-0.2, -0.15) is 0 Å². The first-order chi connectivity index (χ1) is 27.2. The lowest BCUT2D eigenvalue weighted by atomic mass is 9.93. The van der Waals surface area contributed by atoms with Crippen molar-refractivity contribution in [2.24, 2.45) is 0 Å². The van der Waals surface area contributed by atoms with Crippen molar-refractivity contribution in [3.8, 4) is 56.4 Å². The number of nitrogens with zero attached hydrogens (tertiary/aromatic N) is 3. The summed E-state index contributed by atoms with van der Waals surface area (Å²) >= 11 is 0. The molecule has 0 fully saturated rings. The van der Waals surface area contributed by atoms with Gasteiger partial charge < -0.3 is 4.42 Å². The zero-order valence-corrected chi connectivity index (χ0v) is 29.6. The van der Waals surface area contributed by atoms with Gasteiger partial charge in [-0.1, -0.05) is 164 Å². The van der Waals surface area contributed by atoms with Gasteiger partial charge >= 0.3 is 0 Å². The highest BCUT2D eigenvalue weighted by Crippen LogP contribution is 2.41. The van der Waals surface area contributed by atoms with Crippen molar-refractivity contribution in [2.45, 2.75) is 0 Å². The van der Waals surface area contributed by atoms with Crippen molar-refractivity contribution in [1.29, 1.82) is 0 Å². The minimum absolute atomic E-state index is 0.594. The summed E-state index contributed by atoms with van der Waals surface area (Å²) in [6.07, 6.45) is 0. The predicted molar refractivity (Wildman–Crippen MR) is 227 cm³/mol. The minimum Gasteiger partial charge on any atom is -0.456 e. The van der Waals surface area contributed by atoms with E-state index in [9.17, 15) is 0 Å². The van der Waals surface area contributed by atoms with Crippen molar-refractivity contribution in [3.05, 3.63) is 188 Å². The summed E-state index contributed by atoms with van der Waals surface area (Å²) in [4.78, 5) is 15.5. The van der Waals surface area contributed by atoms with Crippen LogP contribution in [0.25, 0.3) is 111 Å². The molecule has 0 radical (unpaired) electrons. The number of rotatable bonds is 5. The summed E-state index contributed by atoms with van der Waals surface area (Å²) < 4.78 is 6.50. The first-order valence-electron chi connectivity index (χ1n) is 18.5. The average molecular weight is 702 g/mol. The SMILES string of the molecule is c1ccc(-c2nc(-c3ccc4ccc5c6ccccc6ccc5c4c3)nc(-c3cccc4oc5ccc(-c6ccccc6-c6ccccc6)cc5c34)n2)cc1. The third-order valence-electron chi connectivity index (χ3n) is 10.7. The Morgan fingerprint density at radius 2 is 0.855 bits per heavy atom. The maximum absolute atomic E-state index is 6.50. The zero-order valence-electron chi connectivity index (χ0n) is 29.6. The van der Waals surface area contributed by atoms with Gasteiger partial charge in [-0.15, -0.1) is 0 Å². The zero-order chi connectivity index (χ0) is 36.3. The van der Waals surface area contributed by atoms with Gasteiger partial charge in [0.15, 0.2) is 17.5 Å². The van der Waals surface area contributed by atoms with Crippen molar-refractivity contribution in [1.82, 2.24) is 15.0 Å². The van der Waals surface area contributed by atoms with Gasteiger partial charge in [-0.05, 0) is 78.8 Å². The molecule has 0 saturated carbocycles. The van der Waals surface area contributed by atoms with E-state index in [0.717, 1.165) is 55.1 Å². The summed E-state index contributed by atoms with van der Waals surface area (Å²) in [7, 11) is 0.